The first-order valence-electron chi connectivity index (χ1n) is 6.44. The lowest BCUT2D eigenvalue weighted by Crippen LogP contribution is -2.32. The average molecular weight is 238 g/mol. The van der Waals surface area contributed by atoms with E-state index in [1.807, 2.05) is 12.1 Å². The van der Waals surface area contributed by atoms with E-state index in [1.54, 1.807) is 6.07 Å². The lowest BCUT2D eigenvalue weighted by Gasteiger charge is -2.17. The molecule has 0 unspecified atom stereocenters. The molecule has 0 atom stereocenters. The van der Waals surface area contributed by atoms with E-state index in [9.17, 15) is 4.39 Å². The van der Waals surface area contributed by atoms with E-state index >= 15 is 0 Å². The van der Waals surface area contributed by atoms with Gasteiger partial charge in [-0.05, 0) is 37.7 Å². The molecule has 0 aliphatic heterocycles. The third-order valence-corrected chi connectivity index (χ3v) is 3.03. The number of likely N-dealkylation sites (N-methyl/N-ethyl adjacent to an activating group) is 1. The Kier molecular flexibility index (Phi) is 6.82. The topological polar surface area (TPSA) is 15.3 Å². The fourth-order valence-corrected chi connectivity index (χ4v) is 1.83. The lowest BCUT2D eigenvalue weighted by molar-refractivity contribution is 0.303. The molecule has 0 aliphatic carbocycles. The van der Waals surface area contributed by atoms with Gasteiger partial charge in [0.1, 0.15) is 5.82 Å². The Morgan fingerprint density at radius 3 is 2.47 bits per heavy atom. The number of nitrogens with zero attached hydrogens (tertiary/aromatic N) is 1. The van der Waals surface area contributed by atoms with Crippen LogP contribution < -0.4 is 5.32 Å². The molecule has 0 saturated heterocycles. The monoisotopic (exact) mass is 238 g/mol. The average Bonchev–Trinajstić information content (AvgIpc) is 2.36. The highest BCUT2D eigenvalue weighted by molar-refractivity contribution is 5.17. The minimum absolute atomic E-state index is 0.0990. The molecular formula is C14H23FN2. The minimum atomic E-state index is -0.0990. The predicted octanol–water partition coefficient (Wildman–Crippen LogP) is 2.30. The Bertz CT molecular complexity index is 311. The molecule has 17 heavy (non-hydrogen) atoms. The van der Waals surface area contributed by atoms with Crippen LogP contribution in [0.25, 0.3) is 0 Å². The maximum absolute atomic E-state index is 13.3. The van der Waals surface area contributed by atoms with Crippen molar-refractivity contribution in [2.75, 3.05) is 32.7 Å². The Labute approximate surface area is 104 Å². The first kappa shape index (κ1) is 14.1. The fourth-order valence-electron chi connectivity index (χ4n) is 1.83. The van der Waals surface area contributed by atoms with E-state index in [2.05, 4.69) is 24.1 Å². The molecular weight excluding hydrogens is 215 g/mol. The second-order valence-electron chi connectivity index (χ2n) is 4.12. The van der Waals surface area contributed by atoms with Crippen LogP contribution in [-0.4, -0.2) is 37.6 Å². The number of halogens is 1. The summed E-state index contributed by atoms with van der Waals surface area (Å²) in [6.45, 7) is 9.38. The molecule has 1 aromatic carbocycles. The van der Waals surface area contributed by atoms with E-state index in [0.29, 0.717) is 0 Å². The van der Waals surface area contributed by atoms with Gasteiger partial charge in [-0.3, -0.25) is 0 Å². The molecule has 1 N–H and O–H groups in total. The second kappa shape index (κ2) is 8.20. The fraction of sp³-hybridized carbons (Fsp3) is 0.571. The molecule has 0 fully saturated rings. The van der Waals surface area contributed by atoms with Crippen molar-refractivity contribution in [3.05, 3.63) is 35.6 Å². The van der Waals surface area contributed by atoms with Crippen molar-refractivity contribution >= 4 is 0 Å². The Hall–Kier alpha value is -0.930. The number of hydrogen-bond donors (Lipinski definition) is 1. The summed E-state index contributed by atoms with van der Waals surface area (Å²) >= 11 is 0. The van der Waals surface area contributed by atoms with Gasteiger partial charge >= 0.3 is 0 Å². The standard InChI is InChI=1S/C14H23FN2/c1-3-17(4-2)12-11-16-10-9-13-7-5-6-8-14(13)15/h5-8,16H,3-4,9-12H2,1-2H3. The van der Waals surface area contributed by atoms with Gasteiger partial charge in [0.05, 0.1) is 0 Å². The van der Waals surface area contributed by atoms with Crippen LogP contribution in [-0.2, 0) is 6.42 Å². The van der Waals surface area contributed by atoms with Crippen LogP contribution in [0.15, 0.2) is 24.3 Å². The van der Waals surface area contributed by atoms with Crippen LogP contribution in [0.5, 0.6) is 0 Å². The highest BCUT2D eigenvalue weighted by Gasteiger charge is 2.00. The van der Waals surface area contributed by atoms with Gasteiger partial charge in [-0.25, -0.2) is 4.39 Å². The largest absolute Gasteiger partial charge is 0.315 e. The van der Waals surface area contributed by atoms with Crippen LogP contribution in [0.1, 0.15) is 19.4 Å². The Morgan fingerprint density at radius 2 is 1.82 bits per heavy atom. The quantitative estimate of drug-likeness (QED) is 0.699. The molecule has 3 heteroatoms. The molecule has 0 bridgehead atoms. The molecule has 0 saturated carbocycles. The van der Waals surface area contributed by atoms with Gasteiger partial charge < -0.3 is 10.2 Å². The van der Waals surface area contributed by atoms with Gasteiger partial charge in [-0.1, -0.05) is 32.0 Å². The summed E-state index contributed by atoms with van der Waals surface area (Å²) in [6.07, 6.45) is 0.755. The summed E-state index contributed by atoms with van der Waals surface area (Å²) in [6, 6.07) is 6.98. The first-order valence-corrected chi connectivity index (χ1v) is 6.44. The third kappa shape index (κ3) is 5.29. The van der Waals surface area contributed by atoms with Crippen molar-refractivity contribution < 1.29 is 4.39 Å². The number of rotatable bonds is 8. The minimum Gasteiger partial charge on any atom is -0.315 e. The molecule has 96 valence electrons. The van der Waals surface area contributed by atoms with E-state index < -0.39 is 0 Å². The number of benzene rings is 1. The second-order valence-corrected chi connectivity index (χ2v) is 4.12. The zero-order valence-corrected chi connectivity index (χ0v) is 10.9. The molecule has 0 spiro atoms. The zero-order valence-electron chi connectivity index (χ0n) is 10.9. The maximum Gasteiger partial charge on any atom is 0.126 e. The Balaban J connectivity index is 2.14. The molecule has 0 amide bonds. The molecule has 0 aromatic heterocycles. The van der Waals surface area contributed by atoms with Crippen molar-refractivity contribution in [3.8, 4) is 0 Å². The SMILES string of the molecule is CCN(CC)CCNCCc1ccccc1F. The zero-order chi connectivity index (χ0) is 12.5. The third-order valence-electron chi connectivity index (χ3n) is 3.03. The van der Waals surface area contributed by atoms with E-state index in [-0.39, 0.29) is 5.82 Å². The van der Waals surface area contributed by atoms with Crippen molar-refractivity contribution in [2.24, 2.45) is 0 Å². The van der Waals surface area contributed by atoms with Crippen molar-refractivity contribution in [1.29, 1.82) is 0 Å². The van der Waals surface area contributed by atoms with Crippen molar-refractivity contribution in [1.82, 2.24) is 10.2 Å². The number of nitrogens with one attached hydrogen (secondary N) is 1. The Morgan fingerprint density at radius 1 is 1.12 bits per heavy atom. The molecule has 1 rings (SSSR count). The molecule has 1 aromatic rings. The van der Waals surface area contributed by atoms with Gasteiger partial charge in [0.2, 0.25) is 0 Å². The molecule has 0 aliphatic rings. The maximum atomic E-state index is 13.3. The van der Waals surface area contributed by atoms with Crippen LogP contribution in [0, 0.1) is 5.82 Å². The summed E-state index contributed by atoms with van der Waals surface area (Å²) < 4.78 is 13.3. The van der Waals surface area contributed by atoms with Crippen molar-refractivity contribution in [2.45, 2.75) is 20.3 Å². The van der Waals surface area contributed by atoms with E-state index in [0.717, 1.165) is 44.7 Å². The summed E-state index contributed by atoms with van der Waals surface area (Å²) in [5, 5.41) is 3.35. The highest BCUT2D eigenvalue weighted by Crippen LogP contribution is 2.05. The molecule has 0 radical (unpaired) electrons. The van der Waals surface area contributed by atoms with E-state index in [1.165, 1.54) is 6.07 Å². The molecule has 2 nitrogen and oxygen atoms in total. The van der Waals surface area contributed by atoms with Gasteiger partial charge in [0.15, 0.2) is 0 Å². The van der Waals surface area contributed by atoms with Crippen LogP contribution in [0.4, 0.5) is 4.39 Å². The summed E-state index contributed by atoms with van der Waals surface area (Å²) in [5.41, 5.74) is 0.794. The van der Waals surface area contributed by atoms with E-state index in [4.69, 9.17) is 0 Å². The summed E-state index contributed by atoms with van der Waals surface area (Å²) in [7, 11) is 0. The highest BCUT2D eigenvalue weighted by atomic mass is 19.1. The van der Waals surface area contributed by atoms with Crippen LogP contribution in [0.3, 0.4) is 0 Å². The predicted molar refractivity (Wildman–Crippen MR) is 70.8 cm³/mol. The van der Waals surface area contributed by atoms with Gasteiger partial charge in [-0.15, -0.1) is 0 Å². The van der Waals surface area contributed by atoms with Gasteiger partial charge in [-0.2, -0.15) is 0 Å². The van der Waals surface area contributed by atoms with Crippen molar-refractivity contribution in [3.63, 3.8) is 0 Å². The van der Waals surface area contributed by atoms with Gasteiger partial charge in [0.25, 0.3) is 0 Å². The summed E-state index contributed by atoms with van der Waals surface area (Å²) in [5.74, 6) is -0.0990. The van der Waals surface area contributed by atoms with Crippen LogP contribution >= 0.6 is 0 Å². The first-order chi connectivity index (χ1) is 8.27. The summed E-state index contributed by atoms with van der Waals surface area (Å²) in [4.78, 5) is 2.37. The van der Waals surface area contributed by atoms with Crippen LogP contribution in [0.2, 0.25) is 0 Å². The normalized spacial score (nSPS) is 11.1. The lowest BCUT2D eigenvalue weighted by atomic mass is 10.1. The molecule has 0 heterocycles. The van der Waals surface area contributed by atoms with Gasteiger partial charge in [0, 0.05) is 13.1 Å². The number of hydrogen-bond acceptors (Lipinski definition) is 2. The smallest absolute Gasteiger partial charge is 0.126 e.